The molecule has 1 aliphatic rings. The van der Waals surface area contributed by atoms with E-state index in [4.69, 9.17) is 11.6 Å². The minimum atomic E-state index is 0.186. The highest BCUT2D eigenvalue weighted by Gasteiger charge is 2.19. The van der Waals surface area contributed by atoms with Crippen LogP contribution in [0, 0.1) is 5.92 Å². The van der Waals surface area contributed by atoms with Crippen molar-refractivity contribution in [3.63, 3.8) is 0 Å². The molecule has 96 valence electrons. The molecule has 1 saturated carbocycles. The molecule has 0 radical (unpaired) electrons. The normalized spacial score (nSPS) is 20.2. The third kappa shape index (κ3) is 4.22. The average molecular weight is 401 g/mol. The first-order valence-corrected chi connectivity index (χ1v) is 9.09. The van der Waals surface area contributed by atoms with Crippen LogP contribution >= 0.6 is 54.8 Å². The largest absolute Gasteiger partial charge is 0.131 e. The maximum Gasteiger partial charge on any atom is 0.0843 e. The lowest BCUT2D eigenvalue weighted by Gasteiger charge is -2.16. The highest BCUT2D eigenvalue weighted by molar-refractivity contribution is 9.13. The molecule has 0 bridgehead atoms. The summed E-state index contributed by atoms with van der Waals surface area (Å²) >= 11 is 15.4. The van der Waals surface area contributed by atoms with Gasteiger partial charge in [-0.05, 0) is 50.3 Å². The summed E-state index contributed by atoms with van der Waals surface area (Å²) in [7, 11) is 0. The number of rotatable bonds is 3. The van der Waals surface area contributed by atoms with Gasteiger partial charge in [-0.1, -0.05) is 38.5 Å². The van der Waals surface area contributed by atoms with Crippen molar-refractivity contribution < 1.29 is 0 Å². The van der Waals surface area contributed by atoms with Crippen LogP contribution in [0.5, 0.6) is 0 Å². The standard InChI is InChI=1S/C13H17Br2ClS/c14-10-8-12(17-13(10)15)11(16)7-9-5-3-1-2-4-6-9/h8-9,11H,1-7H2. The lowest BCUT2D eigenvalue weighted by molar-refractivity contribution is 0.424. The molecule has 1 aliphatic carbocycles. The maximum absolute atomic E-state index is 6.55. The van der Waals surface area contributed by atoms with Gasteiger partial charge in [0.05, 0.1) is 9.16 Å². The first-order valence-electron chi connectivity index (χ1n) is 6.25. The zero-order valence-corrected chi connectivity index (χ0v) is 14.5. The van der Waals surface area contributed by atoms with Crippen LogP contribution in [0.3, 0.4) is 0 Å². The highest BCUT2D eigenvalue weighted by Crippen LogP contribution is 2.41. The minimum absolute atomic E-state index is 0.186. The third-order valence-corrected chi connectivity index (χ3v) is 7.40. The molecule has 0 N–H and O–H groups in total. The Morgan fingerprint density at radius 1 is 1.24 bits per heavy atom. The van der Waals surface area contributed by atoms with Crippen molar-refractivity contribution in [2.24, 2.45) is 5.92 Å². The topological polar surface area (TPSA) is 0 Å². The summed E-state index contributed by atoms with van der Waals surface area (Å²) in [4.78, 5) is 1.29. The molecule has 1 unspecified atom stereocenters. The Bertz CT molecular complexity index is 337. The van der Waals surface area contributed by atoms with Gasteiger partial charge in [-0.15, -0.1) is 22.9 Å². The second kappa shape index (κ2) is 6.93. The quantitative estimate of drug-likeness (QED) is 0.382. The molecule has 1 atom stereocenters. The van der Waals surface area contributed by atoms with Gasteiger partial charge in [0.15, 0.2) is 0 Å². The highest BCUT2D eigenvalue weighted by atomic mass is 79.9. The van der Waals surface area contributed by atoms with Crippen LogP contribution in [0.2, 0.25) is 0 Å². The van der Waals surface area contributed by atoms with E-state index < -0.39 is 0 Å². The third-order valence-electron chi connectivity index (χ3n) is 3.49. The van der Waals surface area contributed by atoms with E-state index in [-0.39, 0.29) is 5.38 Å². The summed E-state index contributed by atoms with van der Waals surface area (Å²) in [6.07, 6.45) is 9.51. The Hall–Kier alpha value is 0.950. The van der Waals surface area contributed by atoms with Crippen LogP contribution in [0.15, 0.2) is 14.3 Å². The van der Waals surface area contributed by atoms with Gasteiger partial charge in [-0.25, -0.2) is 0 Å². The van der Waals surface area contributed by atoms with Crippen LogP contribution < -0.4 is 0 Å². The molecule has 1 aromatic heterocycles. The number of thiophene rings is 1. The Labute approximate surface area is 129 Å². The predicted octanol–water partition coefficient (Wildman–Crippen LogP) is 6.91. The van der Waals surface area contributed by atoms with E-state index in [2.05, 4.69) is 37.9 Å². The van der Waals surface area contributed by atoms with Crippen molar-refractivity contribution in [3.05, 3.63) is 19.2 Å². The van der Waals surface area contributed by atoms with E-state index >= 15 is 0 Å². The fourth-order valence-electron chi connectivity index (χ4n) is 2.53. The van der Waals surface area contributed by atoms with Crippen molar-refractivity contribution in [1.82, 2.24) is 0 Å². The van der Waals surface area contributed by atoms with Gasteiger partial charge in [-0.3, -0.25) is 0 Å². The summed E-state index contributed by atoms with van der Waals surface area (Å²) in [5.74, 6) is 0.833. The van der Waals surface area contributed by atoms with Crippen molar-refractivity contribution in [2.45, 2.75) is 50.3 Å². The zero-order valence-electron chi connectivity index (χ0n) is 9.72. The number of alkyl halides is 1. The van der Waals surface area contributed by atoms with Crippen LogP contribution in [-0.2, 0) is 0 Å². The number of hydrogen-bond donors (Lipinski definition) is 0. The van der Waals surface area contributed by atoms with Gasteiger partial charge in [0, 0.05) is 9.35 Å². The first kappa shape index (κ1) is 14.4. The molecule has 0 nitrogen and oxygen atoms in total. The van der Waals surface area contributed by atoms with E-state index in [9.17, 15) is 0 Å². The van der Waals surface area contributed by atoms with Gasteiger partial charge >= 0.3 is 0 Å². The van der Waals surface area contributed by atoms with E-state index in [0.717, 1.165) is 20.6 Å². The van der Waals surface area contributed by atoms with Gasteiger partial charge in [-0.2, -0.15) is 0 Å². The lowest BCUT2D eigenvalue weighted by Crippen LogP contribution is -2.02. The summed E-state index contributed by atoms with van der Waals surface area (Å²) in [5.41, 5.74) is 0. The monoisotopic (exact) mass is 398 g/mol. The van der Waals surface area contributed by atoms with Crippen LogP contribution in [0.25, 0.3) is 0 Å². The molecule has 0 aliphatic heterocycles. The molecule has 0 spiro atoms. The smallest absolute Gasteiger partial charge is 0.0843 e. The molecule has 1 fully saturated rings. The van der Waals surface area contributed by atoms with Crippen molar-refractivity contribution in [1.29, 1.82) is 0 Å². The Balaban J connectivity index is 1.93. The summed E-state index contributed by atoms with van der Waals surface area (Å²) in [6.45, 7) is 0. The average Bonchev–Trinajstić information content (AvgIpc) is 2.54. The van der Waals surface area contributed by atoms with Crippen molar-refractivity contribution >= 4 is 54.8 Å². The van der Waals surface area contributed by atoms with Crippen molar-refractivity contribution in [2.75, 3.05) is 0 Å². The maximum atomic E-state index is 6.55. The SMILES string of the molecule is ClC(CC1CCCCCC1)c1cc(Br)c(Br)s1. The second-order valence-electron chi connectivity index (χ2n) is 4.83. The Morgan fingerprint density at radius 2 is 1.88 bits per heavy atom. The first-order chi connectivity index (χ1) is 8.16. The minimum Gasteiger partial charge on any atom is -0.131 e. The Morgan fingerprint density at radius 3 is 2.41 bits per heavy atom. The fraction of sp³-hybridized carbons (Fsp3) is 0.692. The molecule has 0 saturated heterocycles. The van der Waals surface area contributed by atoms with Gasteiger partial charge in [0.25, 0.3) is 0 Å². The molecular formula is C13H17Br2ClS. The zero-order chi connectivity index (χ0) is 12.3. The summed E-state index contributed by atoms with van der Waals surface area (Å²) in [5, 5.41) is 0.186. The van der Waals surface area contributed by atoms with Gasteiger partial charge in [0.1, 0.15) is 0 Å². The van der Waals surface area contributed by atoms with Crippen molar-refractivity contribution in [3.8, 4) is 0 Å². The second-order valence-corrected chi connectivity index (χ2v) is 8.61. The molecule has 0 amide bonds. The summed E-state index contributed by atoms with van der Waals surface area (Å²) in [6, 6.07) is 2.16. The molecule has 17 heavy (non-hydrogen) atoms. The number of halogens is 3. The Kier molecular flexibility index (Phi) is 5.85. The molecule has 1 aromatic rings. The molecule has 0 aromatic carbocycles. The molecule has 1 heterocycles. The molecule has 4 heteroatoms. The van der Waals surface area contributed by atoms with Gasteiger partial charge < -0.3 is 0 Å². The molecular weight excluding hydrogens is 383 g/mol. The van der Waals surface area contributed by atoms with E-state index in [1.54, 1.807) is 11.3 Å². The van der Waals surface area contributed by atoms with E-state index in [0.29, 0.717) is 0 Å². The predicted molar refractivity (Wildman–Crippen MR) is 84.1 cm³/mol. The van der Waals surface area contributed by atoms with Crippen LogP contribution in [0.1, 0.15) is 55.2 Å². The van der Waals surface area contributed by atoms with Crippen LogP contribution in [0.4, 0.5) is 0 Å². The number of hydrogen-bond acceptors (Lipinski definition) is 1. The lowest BCUT2D eigenvalue weighted by atomic mass is 9.94. The molecule has 2 rings (SSSR count). The van der Waals surface area contributed by atoms with Crippen LogP contribution in [-0.4, -0.2) is 0 Å². The fourth-order valence-corrected chi connectivity index (χ4v) is 5.06. The van der Waals surface area contributed by atoms with Gasteiger partial charge in [0.2, 0.25) is 0 Å². The summed E-state index contributed by atoms with van der Waals surface area (Å²) < 4.78 is 2.28. The van der Waals surface area contributed by atoms with E-state index in [1.807, 2.05) is 0 Å². The van der Waals surface area contributed by atoms with E-state index in [1.165, 1.54) is 43.4 Å².